The summed E-state index contributed by atoms with van der Waals surface area (Å²) in [5.74, 6) is 0.269. The maximum atomic E-state index is 11.2. The quantitative estimate of drug-likeness (QED) is 0.574. The zero-order chi connectivity index (χ0) is 16.8. The van der Waals surface area contributed by atoms with Gasteiger partial charge in [-0.1, -0.05) is 12.1 Å². The third-order valence-electron chi connectivity index (χ3n) is 3.31. The van der Waals surface area contributed by atoms with E-state index in [2.05, 4.69) is 20.6 Å². The first-order chi connectivity index (χ1) is 11.0. The summed E-state index contributed by atoms with van der Waals surface area (Å²) in [5.41, 5.74) is 7.81. The van der Waals surface area contributed by atoms with Gasteiger partial charge in [0, 0.05) is 24.0 Å². The molecule has 0 atom stereocenters. The molecule has 0 aliphatic carbocycles. The number of amides is 1. The van der Waals surface area contributed by atoms with Crippen molar-refractivity contribution in [3.63, 3.8) is 0 Å². The van der Waals surface area contributed by atoms with Gasteiger partial charge in [-0.3, -0.25) is 9.79 Å². The number of primary amides is 1. The Morgan fingerprint density at radius 3 is 2.65 bits per heavy atom. The molecule has 1 heterocycles. The Balaban J connectivity index is 1.91. The first-order valence-electron chi connectivity index (χ1n) is 7.25. The Morgan fingerprint density at radius 1 is 1.30 bits per heavy atom. The second-order valence-electron chi connectivity index (χ2n) is 5.09. The van der Waals surface area contributed by atoms with E-state index in [9.17, 15) is 4.79 Å². The number of nitrogens with one attached hydrogen (secondary N) is 2. The number of hydrogen-bond donors (Lipinski definition) is 3. The third-order valence-corrected chi connectivity index (χ3v) is 4.38. The minimum absolute atomic E-state index is 0.426. The summed E-state index contributed by atoms with van der Waals surface area (Å²) in [7, 11) is 1.72. The van der Waals surface area contributed by atoms with E-state index in [0.717, 1.165) is 16.3 Å². The van der Waals surface area contributed by atoms with Gasteiger partial charge >= 0.3 is 0 Å². The highest BCUT2D eigenvalue weighted by molar-refractivity contribution is 7.11. The molecule has 0 radical (unpaired) electrons. The lowest BCUT2D eigenvalue weighted by Gasteiger charge is -2.12. The van der Waals surface area contributed by atoms with E-state index in [1.54, 1.807) is 30.5 Å². The Kier molecular flexibility index (Phi) is 5.70. The number of thiazole rings is 1. The van der Waals surface area contributed by atoms with Gasteiger partial charge in [-0.15, -0.1) is 11.3 Å². The van der Waals surface area contributed by atoms with Crippen LogP contribution in [0.5, 0.6) is 0 Å². The molecular weight excluding hydrogens is 310 g/mol. The van der Waals surface area contributed by atoms with Crippen LogP contribution in [0.3, 0.4) is 0 Å². The summed E-state index contributed by atoms with van der Waals surface area (Å²) in [5, 5.41) is 7.55. The SMILES string of the molecule is CN=C(NCc1cccc(C(N)=O)c1)NCc1sc(C)nc1C. The van der Waals surface area contributed by atoms with E-state index in [1.165, 1.54) is 4.88 Å². The molecule has 0 saturated carbocycles. The first-order valence-corrected chi connectivity index (χ1v) is 8.07. The smallest absolute Gasteiger partial charge is 0.248 e. The first kappa shape index (κ1) is 17.0. The van der Waals surface area contributed by atoms with E-state index in [-0.39, 0.29) is 0 Å². The van der Waals surface area contributed by atoms with Crippen LogP contribution in [0.15, 0.2) is 29.3 Å². The lowest BCUT2D eigenvalue weighted by molar-refractivity contribution is 0.1000. The van der Waals surface area contributed by atoms with Gasteiger partial charge in [0.1, 0.15) is 0 Å². The summed E-state index contributed by atoms with van der Waals surface area (Å²) in [6, 6.07) is 7.23. The van der Waals surface area contributed by atoms with Gasteiger partial charge in [0.15, 0.2) is 5.96 Å². The molecule has 0 aliphatic rings. The van der Waals surface area contributed by atoms with Crippen molar-refractivity contribution in [3.8, 4) is 0 Å². The molecule has 4 N–H and O–H groups in total. The Morgan fingerprint density at radius 2 is 2.04 bits per heavy atom. The van der Waals surface area contributed by atoms with Crippen molar-refractivity contribution in [2.45, 2.75) is 26.9 Å². The van der Waals surface area contributed by atoms with Crippen molar-refractivity contribution < 1.29 is 4.79 Å². The van der Waals surface area contributed by atoms with Crippen LogP contribution in [0.1, 0.15) is 31.5 Å². The van der Waals surface area contributed by atoms with Crippen LogP contribution < -0.4 is 16.4 Å². The van der Waals surface area contributed by atoms with Crippen molar-refractivity contribution in [2.24, 2.45) is 10.7 Å². The maximum absolute atomic E-state index is 11.2. The minimum Gasteiger partial charge on any atom is -0.366 e. The van der Waals surface area contributed by atoms with Crippen LogP contribution in [0.4, 0.5) is 0 Å². The highest BCUT2D eigenvalue weighted by Crippen LogP contribution is 2.16. The molecule has 1 aromatic carbocycles. The van der Waals surface area contributed by atoms with Gasteiger partial charge < -0.3 is 16.4 Å². The normalized spacial score (nSPS) is 11.3. The van der Waals surface area contributed by atoms with Crippen molar-refractivity contribution >= 4 is 23.2 Å². The monoisotopic (exact) mass is 331 g/mol. The molecule has 23 heavy (non-hydrogen) atoms. The van der Waals surface area contributed by atoms with Crippen molar-refractivity contribution in [2.75, 3.05) is 7.05 Å². The van der Waals surface area contributed by atoms with E-state index in [4.69, 9.17) is 5.73 Å². The van der Waals surface area contributed by atoms with E-state index >= 15 is 0 Å². The molecule has 7 heteroatoms. The topological polar surface area (TPSA) is 92.4 Å². The molecular formula is C16H21N5OS. The Hall–Kier alpha value is -2.41. The summed E-state index contributed by atoms with van der Waals surface area (Å²) in [6.07, 6.45) is 0. The highest BCUT2D eigenvalue weighted by Gasteiger charge is 2.06. The predicted octanol–water partition coefficient (Wildman–Crippen LogP) is 1.72. The summed E-state index contributed by atoms with van der Waals surface area (Å²) in [6.45, 7) is 5.24. The standard InChI is InChI=1S/C16H21N5OS/c1-10-14(23-11(2)21-10)9-20-16(18-3)19-8-12-5-4-6-13(7-12)15(17)22/h4-7H,8-9H2,1-3H3,(H2,17,22)(H2,18,19,20). The molecule has 122 valence electrons. The molecule has 0 bridgehead atoms. The van der Waals surface area contributed by atoms with Gasteiger partial charge in [0.05, 0.1) is 17.2 Å². The number of aromatic nitrogens is 1. The van der Waals surface area contributed by atoms with Gasteiger partial charge in [-0.25, -0.2) is 4.98 Å². The number of rotatable bonds is 5. The summed E-state index contributed by atoms with van der Waals surface area (Å²) in [4.78, 5) is 21.0. The fraction of sp³-hybridized carbons (Fsp3) is 0.312. The second-order valence-corrected chi connectivity index (χ2v) is 6.37. The van der Waals surface area contributed by atoms with Crippen LogP contribution in [0.25, 0.3) is 0 Å². The molecule has 1 aromatic heterocycles. The van der Waals surface area contributed by atoms with Crippen molar-refractivity contribution in [1.82, 2.24) is 15.6 Å². The molecule has 0 saturated heterocycles. The van der Waals surface area contributed by atoms with Gasteiger partial charge in [-0.2, -0.15) is 0 Å². The third kappa shape index (κ3) is 4.79. The molecule has 2 rings (SSSR count). The number of carbonyl (C=O) groups is 1. The highest BCUT2D eigenvalue weighted by atomic mass is 32.1. The summed E-state index contributed by atoms with van der Waals surface area (Å²) >= 11 is 1.68. The average molecular weight is 331 g/mol. The molecule has 0 unspecified atom stereocenters. The van der Waals surface area contributed by atoms with Crippen LogP contribution >= 0.6 is 11.3 Å². The number of nitrogens with zero attached hydrogens (tertiary/aromatic N) is 2. The number of benzene rings is 1. The van der Waals surface area contributed by atoms with Crippen molar-refractivity contribution in [1.29, 1.82) is 0 Å². The van der Waals surface area contributed by atoms with Gasteiger partial charge in [0.2, 0.25) is 5.91 Å². The number of aliphatic imine (C=N–C) groups is 1. The zero-order valence-corrected chi connectivity index (χ0v) is 14.3. The number of carbonyl (C=O) groups excluding carboxylic acids is 1. The summed E-state index contributed by atoms with van der Waals surface area (Å²) < 4.78 is 0. The second kappa shape index (κ2) is 7.73. The predicted molar refractivity (Wildman–Crippen MR) is 93.6 cm³/mol. The minimum atomic E-state index is -0.426. The lowest BCUT2D eigenvalue weighted by atomic mass is 10.1. The number of aryl methyl sites for hydroxylation is 2. The fourth-order valence-electron chi connectivity index (χ4n) is 2.14. The van der Waals surface area contributed by atoms with Crippen LogP contribution in [-0.2, 0) is 13.1 Å². The number of guanidine groups is 1. The lowest BCUT2D eigenvalue weighted by Crippen LogP contribution is -2.36. The zero-order valence-electron chi connectivity index (χ0n) is 13.5. The fourth-order valence-corrected chi connectivity index (χ4v) is 3.02. The average Bonchev–Trinajstić information content (AvgIpc) is 2.85. The molecule has 6 nitrogen and oxygen atoms in total. The molecule has 0 fully saturated rings. The van der Waals surface area contributed by atoms with E-state index in [1.807, 2.05) is 26.0 Å². The number of hydrogen-bond acceptors (Lipinski definition) is 4. The van der Waals surface area contributed by atoms with Gasteiger partial charge in [0.25, 0.3) is 0 Å². The molecule has 0 spiro atoms. The van der Waals surface area contributed by atoms with Crippen LogP contribution in [0.2, 0.25) is 0 Å². The Bertz CT molecular complexity index is 723. The van der Waals surface area contributed by atoms with Crippen LogP contribution in [-0.4, -0.2) is 23.9 Å². The van der Waals surface area contributed by atoms with Crippen molar-refractivity contribution in [3.05, 3.63) is 51.0 Å². The maximum Gasteiger partial charge on any atom is 0.248 e. The van der Waals surface area contributed by atoms with E-state index in [0.29, 0.717) is 24.6 Å². The molecule has 1 amide bonds. The molecule has 2 aromatic rings. The van der Waals surface area contributed by atoms with Crippen LogP contribution in [0, 0.1) is 13.8 Å². The molecule has 0 aliphatic heterocycles. The van der Waals surface area contributed by atoms with Gasteiger partial charge in [-0.05, 0) is 31.5 Å². The number of nitrogens with two attached hydrogens (primary N) is 1. The largest absolute Gasteiger partial charge is 0.366 e. The van der Waals surface area contributed by atoms with E-state index < -0.39 is 5.91 Å². The Labute approximate surface area is 139 Å².